The predicted octanol–water partition coefficient (Wildman–Crippen LogP) is -2.97. The van der Waals surface area contributed by atoms with Gasteiger partial charge in [-0.3, -0.25) is 0 Å². The molecule has 1 aliphatic rings. The second-order valence-corrected chi connectivity index (χ2v) is 2.75. The summed E-state index contributed by atoms with van der Waals surface area (Å²) in [6.45, 7) is -0.0472. The van der Waals surface area contributed by atoms with Gasteiger partial charge in [-0.15, -0.1) is 0 Å². The van der Waals surface area contributed by atoms with Crippen LogP contribution in [0.25, 0.3) is 0 Å². The van der Waals surface area contributed by atoms with Gasteiger partial charge >= 0.3 is 0 Å². The fourth-order valence-corrected chi connectivity index (χ4v) is 1.15. The van der Waals surface area contributed by atoms with Crippen molar-refractivity contribution in [3.63, 3.8) is 0 Å². The van der Waals surface area contributed by atoms with Crippen molar-refractivity contribution in [1.29, 1.82) is 0 Å². The summed E-state index contributed by atoms with van der Waals surface area (Å²) < 4.78 is 0. The Morgan fingerprint density at radius 3 is 2.36 bits per heavy atom. The highest BCUT2D eigenvalue weighted by atomic mass is 16.4. The molecule has 1 aliphatic heterocycles. The molecule has 0 aromatic rings. The van der Waals surface area contributed by atoms with Gasteiger partial charge in [-0.1, -0.05) is 0 Å². The topological polar surface area (TPSA) is 93.0 Å². The Morgan fingerprint density at radius 1 is 1.18 bits per heavy atom. The Balaban J connectivity index is 2.52. The molecule has 4 atom stereocenters. The molecule has 0 saturated carbocycles. The molecular weight excluding hydrogens is 150 g/mol. The first-order valence-corrected chi connectivity index (χ1v) is 3.55. The normalized spacial score (nSPS) is 45.8. The third-order valence-corrected chi connectivity index (χ3v) is 1.94. The van der Waals surface area contributed by atoms with E-state index in [1.807, 2.05) is 0 Å². The molecule has 5 nitrogen and oxygen atoms in total. The lowest BCUT2D eigenvalue weighted by Crippen LogP contribution is -2.60. The van der Waals surface area contributed by atoms with E-state index in [-0.39, 0.29) is 13.2 Å². The molecule has 1 rings (SSSR count). The first kappa shape index (κ1) is 8.89. The summed E-state index contributed by atoms with van der Waals surface area (Å²) in [6, 6.07) is -0.534. The van der Waals surface area contributed by atoms with E-state index in [4.69, 9.17) is 15.3 Å². The maximum absolute atomic E-state index is 9.18. The highest BCUT2D eigenvalue weighted by Crippen LogP contribution is 2.09. The summed E-state index contributed by atoms with van der Waals surface area (Å²) in [5.41, 5.74) is 0. The van der Waals surface area contributed by atoms with Crippen LogP contribution in [0.5, 0.6) is 0 Å². The minimum Gasteiger partial charge on any atom is -0.395 e. The highest BCUT2D eigenvalue weighted by molar-refractivity contribution is 4.91. The van der Waals surface area contributed by atoms with Crippen molar-refractivity contribution < 1.29 is 20.4 Å². The molecule has 0 aliphatic carbocycles. The maximum Gasteiger partial charge on any atom is 0.109 e. The standard InChI is InChI=1S/C6H13NO4/c8-2-3-5(10)6(11)4(9)1-7-3/h3-11H,1-2H2/t3-,4?,5?,6?/m1/s1. The summed E-state index contributed by atoms with van der Waals surface area (Å²) >= 11 is 0. The van der Waals surface area contributed by atoms with E-state index in [0.29, 0.717) is 0 Å². The minimum absolute atomic E-state index is 0.198. The van der Waals surface area contributed by atoms with Crippen LogP contribution in [0.15, 0.2) is 0 Å². The lowest BCUT2D eigenvalue weighted by atomic mass is 9.97. The highest BCUT2D eigenvalue weighted by Gasteiger charge is 2.35. The lowest BCUT2D eigenvalue weighted by molar-refractivity contribution is -0.101. The zero-order valence-electron chi connectivity index (χ0n) is 6.01. The van der Waals surface area contributed by atoms with Gasteiger partial charge in [0.25, 0.3) is 0 Å². The van der Waals surface area contributed by atoms with E-state index in [0.717, 1.165) is 0 Å². The van der Waals surface area contributed by atoms with Gasteiger partial charge in [-0.05, 0) is 0 Å². The quantitative estimate of drug-likeness (QED) is 0.285. The third kappa shape index (κ3) is 1.69. The molecule has 0 bridgehead atoms. The Hall–Kier alpha value is -0.200. The van der Waals surface area contributed by atoms with Crippen molar-refractivity contribution in [2.24, 2.45) is 0 Å². The number of hydrogen-bond acceptors (Lipinski definition) is 5. The van der Waals surface area contributed by atoms with Gasteiger partial charge in [0.2, 0.25) is 0 Å². The largest absolute Gasteiger partial charge is 0.395 e. The van der Waals surface area contributed by atoms with Crippen LogP contribution in [0.1, 0.15) is 0 Å². The fourth-order valence-electron chi connectivity index (χ4n) is 1.15. The van der Waals surface area contributed by atoms with Gasteiger partial charge in [-0.25, -0.2) is 0 Å². The van der Waals surface area contributed by atoms with Gasteiger partial charge in [0, 0.05) is 6.54 Å². The van der Waals surface area contributed by atoms with Gasteiger partial charge < -0.3 is 25.7 Å². The van der Waals surface area contributed by atoms with Gasteiger partial charge in [0.1, 0.15) is 6.10 Å². The summed E-state index contributed by atoms with van der Waals surface area (Å²) in [4.78, 5) is 0. The number of rotatable bonds is 1. The number of hydrogen-bond donors (Lipinski definition) is 5. The molecule has 5 N–H and O–H groups in total. The molecule has 1 saturated heterocycles. The van der Waals surface area contributed by atoms with E-state index < -0.39 is 24.4 Å². The van der Waals surface area contributed by atoms with Crippen LogP contribution in [-0.2, 0) is 0 Å². The predicted molar refractivity (Wildman–Crippen MR) is 36.9 cm³/mol. The second-order valence-electron chi connectivity index (χ2n) is 2.75. The van der Waals surface area contributed by atoms with Crippen LogP contribution in [0.3, 0.4) is 0 Å². The molecule has 0 spiro atoms. The molecule has 0 aromatic heterocycles. The average Bonchev–Trinajstić information content (AvgIpc) is 2.01. The lowest BCUT2D eigenvalue weighted by Gasteiger charge is -2.34. The van der Waals surface area contributed by atoms with Crippen molar-refractivity contribution in [1.82, 2.24) is 5.32 Å². The number of aliphatic hydroxyl groups is 4. The molecule has 0 radical (unpaired) electrons. The molecule has 66 valence electrons. The zero-order chi connectivity index (χ0) is 8.43. The molecule has 0 aromatic carbocycles. The molecule has 5 heteroatoms. The fraction of sp³-hybridized carbons (Fsp3) is 1.00. The SMILES string of the molecule is OC[C@H]1NCC(O)C(O)C1O. The molecular formula is C6H13NO4. The monoisotopic (exact) mass is 163 g/mol. The average molecular weight is 163 g/mol. The van der Waals surface area contributed by atoms with E-state index in [9.17, 15) is 5.11 Å². The number of nitrogens with one attached hydrogen (secondary N) is 1. The van der Waals surface area contributed by atoms with Crippen molar-refractivity contribution in [2.45, 2.75) is 24.4 Å². The molecule has 1 fully saturated rings. The Morgan fingerprint density at radius 2 is 1.82 bits per heavy atom. The minimum atomic E-state index is -1.16. The first-order chi connectivity index (χ1) is 5.16. The smallest absolute Gasteiger partial charge is 0.109 e. The second kappa shape index (κ2) is 3.46. The van der Waals surface area contributed by atoms with Crippen LogP contribution >= 0.6 is 0 Å². The molecule has 3 unspecified atom stereocenters. The van der Waals surface area contributed by atoms with Crippen LogP contribution in [0.2, 0.25) is 0 Å². The van der Waals surface area contributed by atoms with Gasteiger partial charge in [0.05, 0.1) is 24.9 Å². The number of aliphatic hydroxyl groups excluding tert-OH is 4. The molecule has 11 heavy (non-hydrogen) atoms. The van der Waals surface area contributed by atoms with E-state index >= 15 is 0 Å². The third-order valence-electron chi connectivity index (χ3n) is 1.94. The van der Waals surface area contributed by atoms with Crippen LogP contribution in [-0.4, -0.2) is 57.9 Å². The van der Waals surface area contributed by atoms with Crippen LogP contribution in [0, 0.1) is 0 Å². The van der Waals surface area contributed by atoms with Gasteiger partial charge in [-0.2, -0.15) is 0 Å². The molecule has 0 amide bonds. The summed E-state index contributed by atoms with van der Waals surface area (Å²) in [5.74, 6) is 0. The van der Waals surface area contributed by atoms with Crippen molar-refractivity contribution in [2.75, 3.05) is 13.2 Å². The van der Waals surface area contributed by atoms with Crippen molar-refractivity contribution in [3.8, 4) is 0 Å². The van der Waals surface area contributed by atoms with E-state index in [1.165, 1.54) is 0 Å². The Bertz CT molecular complexity index is 130. The number of β-amino-alcohol motifs (C(OH)–C–C–N with tert-alkyl or cyclic N) is 1. The maximum atomic E-state index is 9.18. The number of piperidine rings is 1. The van der Waals surface area contributed by atoms with Gasteiger partial charge in [0.15, 0.2) is 0 Å². The Labute approximate surface area is 64.3 Å². The van der Waals surface area contributed by atoms with E-state index in [1.54, 1.807) is 0 Å². The first-order valence-electron chi connectivity index (χ1n) is 3.55. The molecule has 1 heterocycles. The zero-order valence-corrected chi connectivity index (χ0v) is 6.01. The van der Waals surface area contributed by atoms with Crippen molar-refractivity contribution in [3.05, 3.63) is 0 Å². The van der Waals surface area contributed by atoms with E-state index in [2.05, 4.69) is 5.32 Å². The van der Waals surface area contributed by atoms with Crippen LogP contribution in [0.4, 0.5) is 0 Å². The summed E-state index contributed by atoms with van der Waals surface area (Å²) in [6.07, 6.45) is -3.20. The van der Waals surface area contributed by atoms with Crippen molar-refractivity contribution >= 4 is 0 Å². The Kier molecular flexibility index (Phi) is 2.80. The summed E-state index contributed by atoms with van der Waals surface area (Å²) in [5, 5.41) is 38.6. The van der Waals surface area contributed by atoms with Crippen LogP contribution < -0.4 is 5.32 Å². The summed E-state index contributed by atoms with van der Waals surface area (Å²) in [7, 11) is 0.